The summed E-state index contributed by atoms with van der Waals surface area (Å²) in [5.41, 5.74) is 0.152. The lowest BCUT2D eigenvalue weighted by Crippen LogP contribution is -2.82. The number of carbonyl (C=O) groups excluding carboxylic acids is 2. The summed E-state index contributed by atoms with van der Waals surface area (Å²) in [7, 11) is 0. The lowest BCUT2D eigenvalue weighted by molar-refractivity contribution is -0.192. The lowest BCUT2D eigenvalue weighted by Gasteiger charge is -2.75. The van der Waals surface area contributed by atoms with E-state index in [-0.39, 0.29) is 28.6 Å². The van der Waals surface area contributed by atoms with Gasteiger partial charge in [-0.05, 0) is 81.0 Å². The lowest BCUT2D eigenvalue weighted by atomic mass is 9.34. The average Bonchev–Trinajstić information content (AvgIpc) is 2.58. The Morgan fingerprint density at radius 3 is 2.10 bits per heavy atom. The molecule has 2 aromatic carbocycles. The summed E-state index contributed by atoms with van der Waals surface area (Å²) in [4.78, 5) is 25.1. The van der Waals surface area contributed by atoms with E-state index >= 15 is 0 Å². The van der Waals surface area contributed by atoms with Gasteiger partial charge in [-0.2, -0.15) is 0 Å². The molecule has 4 nitrogen and oxygen atoms in total. The van der Waals surface area contributed by atoms with Gasteiger partial charge in [0.25, 0.3) is 11.8 Å². The SMILES string of the molecule is CC(C)(NC(=O)c1ccc(F)cc1)C12CC(NC(=O)c3ccc(Cl)c(Cl)c3)(C1)C2. The van der Waals surface area contributed by atoms with Crippen LogP contribution in [0.5, 0.6) is 0 Å². The van der Waals surface area contributed by atoms with Crippen molar-refractivity contribution in [3.05, 3.63) is 69.5 Å². The van der Waals surface area contributed by atoms with Crippen molar-refractivity contribution >= 4 is 35.0 Å². The Kier molecular flexibility index (Phi) is 4.67. The molecule has 2 N–H and O–H groups in total. The molecule has 0 aromatic heterocycles. The van der Waals surface area contributed by atoms with Gasteiger partial charge in [-0.3, -0.25) is 9.59 Å². The fourth-order valence-corrected chi connectivity index (χ4v) is 4.92. The van der Waals surface area contributed by atoms with Gasteiger partial charge in [0.05, 0.1) is 10.0 Å². The number of hydrogen-bond donors (Lipinski definition) is 2. The maximum Gasteiger partial charge on any atom is 0.251 e. The van der Waals surface area contributed by atoms with E-state index in [0.717, 1.165) is 19.3 Å². The van der Waals surface area contributed by atoms with Crippen LogP contribution >= 0.6 is 23.2 Å². The van der Waals surface area contributed by atoms with Gasteiger partial charge in [0, 0.05) is 22.2 Å². The van der Waals surface area contributed by atoms with Gasteiger partial charge < -0.3 is 10.6 Å². The molecule has 2 aromatic rings. The van der Waals surface area contributed by atoms with Gasteiger partial charge in [0.15, 0.2) is 0 Å². The highest BCUT2D eigenvalue weighted by Crippen LogP contribution is 2.71. The van der Waals surface area contributed by atoms with Gasteiger partial charge >= 0.3 is 0 Å². The zero-order chi connectivity index (χ0) is 21.0. The number of rotatable bonds is 5. The second kappa shape index (κ2) is 6.71. The molecule has 7 heteroatoms. The van der Waals surface area contributed by atoms with Crippen molar-refractivity contribution in [1.82, 2.24) is 10.6 Å². The highest BCUT2D eigenvalue weighted by molar-refractivity contribution is 6.42. The molecule has 3 fully saturated rings. The zero-order valence-electron chi connectivity index (χ0n) is 16.1. The van der Waals surface area contributed by atoms with Crippen LogP contribution in [0, 0.1) is 11.2 Å². The molecule has 3 aliphatic carbocycles. The third-order valence-corrected chi connectivity index (χ3v) is 7.19. The fraction of sp³-hybridized carbons (Fsp3) is 0.364. The summed E-state index contributed by atoms with van der Waals surface area (Å²) in [6.07, 6.45) is 2.39. The minimum absolute atomic E-state index is 0.0619. The van der Waals surface area contributed by atoms with E-state index in [1.54, 1.807) is 18.2 Å². The van der Waals surface area contributed by atoms with Crippen molar-refractivity contribution in [3.8, 4) is 0 Å². The maximum atomic E-state index is 13.1. The number of amides is 2. The van der Waals surface area contributed by atoms with Gasteiger partial charge in [-0.25, -0.2) is 4.39 Å². The van der Waals surface area contributed by atoms with Gasteiger partial charge in [-0.15, -0.1) is 0 Å². The van der Waals surface area contributed by atoms with Crippen molar-refractivity contribution in [2.24, 2.45) is 5.41 Å². The van der Waals surface area contributed by atoms with E-state index in [9.17, 15) is 14.0 Å². The smallest absolute Gasteiger partial charge is 0.251 e. The predicted molar refractivity (Wildman–Crippen MR) is 111 cm³/mol. The molecule has 5 rings (SSSR count). The summed E-state index contributed by atoms with van der Waals surface area (Å²) in [5, 5.41) is 6.95. The van der Waals surface area contributed by atoms with E-state index in [4.69, 9.17) is 23.2 Å². The van der Waals surface area contributed by atoms with Gasteiger partial charge in [-0.1, -0.05) is 23.2 Å². The summed E-state index contributed by atoms with van der Waals surface area (Å²) in [6.45, 7) is 4.00. The normalized spacial score (nSPS) is 24.9. The molecule has 0 unspecified atom stereocenters. The van der Waals surface area contributed by atoms with Crippen LogP contribution in [0.3, 0.4) is 0 Å². The van der Waals surface area contributed by atoms with Crippen molar-refractivity contribution in [2.45, 2.75) is 44.2 Å². The van der Waals surface area contributed by atoms with Gasteiger partial charge in [0.2, 0.25) is 0 Å². The quantitative estimate of drug-likeness (QED) is 0.695. The summed E-state index contributed by atoms with van der Waals surface area (Å²) in [6, 6.07) is 10.3. The van der Waals surface area contributed by atoms with E-state index < -0.39 is 5.54 Å². The van der Waals surface area contributed by atoms with Crippen LogP contribution in [-0.2, 0) is 0 Å². The van der Waals surface area contributed by atoms with Crippen LogP contribution in [0.4, 0.5) is 4.39 Å². The molecule has 2 bridgehead atoms. The number of carbonyl (C=O) groups is 2. The monoisotopic (exact) mass is 434 g/mol. The number of hydrogen-bond acceptors (Lipinski definition) is 2. The van der Waals surface area contributed by atoms with Crippen LogP contribution in [-0.4, -0.2) is 22.9 Å². The average molecular weight is 435 g/mol. The Labute approximate surface area is 178 Å². The highest BCUT2D eigenvalue weighted by Gasteiger charge is 2.73. The van der Waals surface area contributed by atoms with Crippen molar-refractivity contribution in [3.63, 3.8) is 0 Å². The molecule has 0 atom stereocenters. The third kappa shape index (κ3) is 3.40. The Bertz CT molecular complexity index is 985. The minimum Gasteiger partial charge on any atom is -0.347 e. The summed E-state index contributed by atoms with van der Waals surface area (Å²) in [5.74, 6) is -0.779. The van der Waals surface area contributed by atoms with E-state index in [0.29, 0.717) is 21.2 Å². The van der Waals surface area contributed by atoms with Gasteiger partial charge in [0.1, 0.15) is 5.82 Å². The Hall–Kier alpha value is -2.11. The molecule has 0 aliphatic heterocycles. The van der Waals surface area contributed by atoms with Crippen molar-refractivity contribution in [2.75, 3.05) is 0 Å². The molecule has 3 saturated carbocycles. The summed E-state index contributed by atoms with van der Waals surface area (Å²) < 4.78 is 13.1. The van der Waals surface area contributed by atoms with Crippen LogP contribution in [0.2, 0.25) is 10.0 Å². The second-order valence-electron chi connectivity index (χ2n) is 8.76. The first-order valence-electron chi connectivity index (χ1n) is 9.41. The molecular weight excluding hydrogens is 414 g/mol. The molecule has 152 valence electrons. The maximum absolute atomic E-state index is 13.1. The first-order chi connectivity index (χ1) is 13.5. The first kappa shape index (κ1) is 20.2. The Morgan fingerprint density at radius 1 is 0.931 bits per heavy atom. The molecule has 0 saturated heterocycles. The zero-order valence-corrected chi connectivity index (χ0v) is 17.6. The molecule has 0 radical (unpaired) electrons. The van der Waals surface area contributed by atoms with Crippen molar-refractivity contribution < 1.29 is 14.0 Å². The number of halogens is 3. The Morgan fingerprint density at radius 2 is 1.52 bits per heavy atom. The van der Waals surface area contributed by atoms with Crippen LogP contribution < -0.4 is 10.6 Å². The number of nitrogens with one attached hydrogen (secondary N) is 2. The third-order valence-electron chi connectivity index (χ3n) is 6.45. The van der Waals surface area contributed by atoms with Crippen LogP contribution in [0.1, 0.15) is 53.8 Å². The van der Waals surface area contributed by atoms with Crippen LogP contribution in [0.15, 0.2) is 42.5 Å². The molecule has 0 spiro atoms. The number of benzene rings is 2. The molecule has 0 heterocycles. The molecule has 3 aliphatic rings. The second-order valence-corrected chi connectivity index (χ2v) is 9.57. The van der Waals surface area contributed by atoms with E-state index in [2.05, 4.69) is 10.6 Å². The fourth-order valence-electron chi connectivity index (χ4n) is 4.62. The van der Waals surface area contributed by atoms with Crippen LogP contribution in [0.25, 0.3) is 0 Å². The first-order valence-corrected chi connectivity index (χ1v) is 10.2. The standard InChI is InChI=1S/C22H21Cl2FN2O2/c1-20(2,26-18(28)13-3-6-15(25)7-4-13)21-10-22(11-21,12-21)27-19(29)14-5-8-16(23)17(24)9-14/h3-9H,10-12H2,1-2H3,(H,26,28)(H,27,29). The molecule has 2 amide bonds. The Balaban J connectivity index is 1.38. The topological polar surface area (TPSA) is 58.2 Å². The minimum atomic E-state index is -0.450. The molecule has 29 heavy (non-hydrogen) atoms. The largest absolute Gasteiger partial charge is 0.347 e. The highest BCUT2D eigenvalue weighted by atomic mass is 35.5. The van der Waals surface area contributed by atoms with Crippen molar-refractivity contribution in [1.29, 1.82) is 0 Å². The van der Waals surface area contributed by atoms with E-state index in [1.807, 2.05) is 13.8 Å². The van der Waals surface area contributed by atoms with E-state index in [1.165, 1.54) is 24.3 Å². The predicted octanol–water partition coefficient (Wildman–Crippen LogP) is 4.99. The summed E-state index contributed by atoms with van der Waals surface area (Å²) >= 11 is 11.9. The molecular formula is C22H21Cl2FN2O2.